The van der Waals surface area contributed by atoms with Crippen LogP contribution in [0.15, 0.2) is 33.0 Å². The molecule has 1 saturated heterocycles. The number of thiophene rings is 1. The molecule has 0 bridgehead atoms. The Morgan fingerprint density at radius 3 is 2.89 bits per heavy atom. The van der Waals surface area contributed by atoms with E-state index in [1.807, 2.05) is 6.92 Å². The highest BCUT2D eigenvalue weighted by Gasteiger charge is 2.54. The van der Waals surface area contributed by atoms with Crippen molar-refractivity contribution in [2.75, 3.05) is 23.0 Å². The Morgan fingerprint density at radius 2 is 2.26 bits per heavy atom. The molecule has 1 fully saturated rings. The van der Waals surface area contributed by atoms with Crippen LogP contribution in [0.2, 0.25) is 0 Å². The van der Waals surface area contributed by atoms with Gasteiger partial charge in [-0.05, 0) is 22.8 Å². The SMILES string of the molecule is CCSCC1=C(C(=O)O)N2C(=O)C(NC(=O)CS(=O)c3ccsc3)C2SC1. The number of aliphatic carboxylic acids is 1. The molecule has 0 aliphatic carbocycles. The summed E-state index contributed by atoms with van der Waals surface area (Å²) in [6.45, 7) is 1.99. The molecular formula is C16H18N2O5S4. The molecule has 1 aromatic heterocycles. The molecule has 2 aliphatic rings. The maximum Gasteiger partial charge on any atom is 0.352 e. The lowest BCUT2D eigenvalue weighted by molar-refractivity contribution is -0.150. The molecule has 0 saturated carbocycles. The molecule has 3 atom stereocenters. The summed E-state index contributed by atoms with van der Waals surface area (Å²) >= 11 is 4.45. The van der Waals surface area contributed by atoms with E-state index in [2.05, 4.69) is 5.32 Å². The Labute approximate surface area is 171 Å². The standard InChI is InChI=1S/C16H18N2O5S4/c1-2-24-5-9-6-26-15-12(14(20)18(15)13(9)16(21)22)17-11(19)8-27(23)10-3-4-25-7-10/h3-4,7,12,15H,2,5-6,8H2,1H3,(H,17,19)(H,21,22). The second-order valence-corrected chi connectivity index (χ2v) is 10.4. The van der Waals surface area contributed by atoms with E-state index in [0.29, 0.717) is 16.4 Å². The molecule has 0 aromatic carbocycles. The molecule has 3 unspecified atom stereocenters. The second-order valence-electron chi connectivity index (χ2n) is 5.80. The highest BCUT2D eigenvalue weighted by Crippen LogP contribution is 2.41. The van der Waals surface area contributed by atoms with Crippen molar-refractivity contribution in [2.45, 2.75) is 23.2 Å². The van der Waals surface area contributed by atoms with Crippen LogP contribution >= 0.6 is 34.9 Å². The predicted octanol–water partition coefficient (Wildman–Crippen LogP) is 1.35. The number of hydrogen-bond acceptors (Lipinski definition) is 7. The van der Waals surface area contributed by atoms with E-state index in [-0.39, 0.29) is 11.4 Å². The van der Waals surface area contributed by atoms with Crippen LogP contribution in [-0.4, -0.2) is 66.4 Å². The molecule has 2 amide bonds. The minimum atomic E-state index is -1.46. The smallest absolute Gasteiger partial charge is 0.352 e. The van der Waals surface area contributed by atoms with Gasteiger partial charge in [0.25, 0.3) is 5.91 Å². The van der Waals surface area contributed by atoms with Crippen molar-refractivity contribution in [3.8, 4) is 0 Å². The lowest BCUT2D eigenvalue weighted by atomic mass is 10.0. The van der Waals surface area contributed by atoms with Crippen molar-refractivity contribution in [2.24, 2.45) is 0 Å². The number of hydrogen-bond donors (Lipinski definition) is 2. The Bertz CT molecular complexity index is 808. The van der Waals surface area contributed by atoms with Gasteiger partial charge in [-0.15, -0.1) is 11.8 Å². The molecule has 3 rings (SSSR count). The third kappa shape index (κ3) is 4.25. The maximum atomic E-state index is 12.5. The first-order chi connectivity index (χ1) is 12.9. The summed E-state index contributed by atoms with van der Waals surface area (Å²) in [4.78, 5) is 38.2. The average molecular weight is 447 g/mol. The van der Waals surface area contributed by atoms with Crippen LogP contribution in [0.3, 0.4) is 0 Å². The van der Waals surface area contributed by atoms with Crippen LogP contribution in [-0.2, 0) is 25.2 Å². The third-order valence-corrected chi connectivity index (χ3v) is 8.50. The fraction of sp³-hybridized carbons (Fsp3) is 0.438. The Morgan fingerprint density at radius 1 is 1.48 bits per heavy atom. The lowest BCUT2D eigenvalue weighted by Gasteiger charge is -2.49. The number of nitrogens with one attached hydrogen (secondary N) is 1. The number of carboxylic acids is 1. The zero-order chi connectivity index (χ0) is 19.6. The molecule has 1 aromatic rings. The zero-order valence-corrected chi connectivity index (χ0v) is 17.6. The largest absolute Gasteiger partial charge is 0.477 e. The van der Waals surface area contributed by atoms with Gasteiger partial charge in [0.15, 0.2) is 0 Å². The van der Waals surface area contributed by atoms with Crippen LogP contribution in [0, 0.1) is 0 Å². The molecule has 0 spiro atoms. The summed E-state index contributed by atoms with van der Waals surface area (Å²) in [7, 11) is -1.46. The Hall–Kier alpha value is -1.30. The van der Waals surface area contributed by atoms with Gasteiger partial charge in [0, 0.05) is 21.8 Å². The number of β-lactam (4-membered cyclic amide) rings is 1. The van der Waals surface area contributed by atoms with Gasteiger partial charge in [-0.25, -0.2) is 4.79 Å². The molecule has 7 nitrogen and oxygen atoms in total. The van der Waals surface area contributed by atoms with Crippen molar-refractivity contribution < 1.29 is 23.7 Å². The minimum Gasteiger partial charge on any atom is -0.477 e. The number of carboxylic acid groups (broad SMARTS) is 1. The van der Waals surface area contributed by atoms with Gasteiger partial charge >= 0.3 is 5.97 Å². The summed E-state index contributed by atoms with van der Waals surface area (Å²) in [5.41, 5.74) is 0.768. The van der Waals surface area contributed by atoms with Gasteiger partial charge in [0.2, 0.25) is 5.91 Å². The third-order valence-electron chi connectivity index (χ3n) is 4.07. The van der Waals surface area contributed by atoms with Gasteiger partial charge in [-0.3, -0.25) is 18.7 Å². The number of thioether (sulfide) groups is 2. The molecule has 0 radical (unpaired) electrons. The number of carbonyl (C=O) groups excluding carboxylic acids is 2. The lowest BCUT2D eigenvalue weighted by Crippen LogP contribution is -2.70. The second kappa shape index (κ2) is 8.80. The first-order valence-electron chi connectivity index (χ1n) is 8.11. The van der Waals surface area contributed by atoms with Gasteiger partial charge in [0.05, 0.1) is 10.8 Å². The monoisotopic (exact) mass is 446 g/mol. The van der Waals surface area contributed by atoms with Crippen molar-refractivity contribution in [3.05, 3.63) is 28.1 Å². The molecule has 2 aliphatic heterocycles. The van der Waals surface area contributed by atoms with E-state index in [0.717, 1.165) is 11.3 Å². The van der Waals surface area contributed by atoms with E-state index in [1.54, 1.807) is 28.6 Å². The van der Waals surface area contributed by atoms with Crippen molar-refractivity contribution in [3.63, 3.8) is 0 Å². The first-order valence-corrected chi connectivity index (χ1v) is 12.6. The molecule has 3 heterocycles. The van der Waals surface area contributed by atoms with Crippen molar-refractivity contribution in [1.82, 2.24) is 10.2 Å². The summed E-state index contributed by atoms with van der Waals surface area (Å²) < 4.78 is 12.1. The number of fused-ring (bicyclic) bond motifs is 1. The maximum absolute atomic E-state index is 12.5. The molecular weight excluding hydrogens is 428 g/mol. The summed E-state index contributed by atoms with van der Waals surface area (Å²) in [5, 5.41) is 15.2. The summed E-state index contributed by atoms with van der Waals surface area (Å²) in [6.07, 6.45) is 0. The Kier molecular flexibility index (Phi) is 6.66. The predicted molar refractivity (Wildman–Crippen MR) is 108 cm³/mol. The summed E-state index contributed by atoms with van der Waals surface area (Å²) in [6, 6.07) is 0.915. The van der Waals surface area contributed by atoms with Crippen molar-refractivity contribution in [1.29, 1.82) is 0 Å². The van der Waals surface area contributed by atoms with E-state index < -0.39 is 40.0 Å². The zero-order valence-electron chi connectivity index (χ0n) is 14.4. The highest BCUT2D eigenvalue weighted by molar-refractivity contribution is 8.01. The van der Waals surface area contributed by atoms with Crippen LogP contribution < -0.4 is 5.32 Å². The number of rotatable bonds is 8. The number of carbonyl (C=O) groups is 3. The number of nitrogens with zero attached hydrogens (tertiary/aromatic N) is 1. The molecule has 27 heavy (non-hydrogen) atoms. The van der Waals surface area contributed by atoms with E-state index in [4.69, 9.17) is 0 Å². The van der Waals surface area contributed by atoms with E-state index >= 15 is 0 Å². The molecule has 11 heteroatoms. The van der Waals surface area contributed by atoms with Gasteiger partial charge in [0.1, 0.15) is 22.9 Å². The topological polar surface area (TPSA) is 104 Å². The Balaban J connectivity index is 1.65. The average Bonchev–Trinajstić information content (AvgIpc) is 3.18. The van der Waals surface area contributed by atoms with Gasteiger partial charge < -0.3 is 10.4 Å². The van der Waals surface area contributed by atoms with Crippen LogP contribution in [0.4, 0.5) is 0 Å². The van der Waals surface area contributed by atoms with Crippen LogP contribution in [0.25, 0.3) is 0 Å². The molecule has 146 valence electrons. The minimum absolute atomic E-state index is 0.0389. The summed E-state index contributed by atoms with van der Waals surface area (Å²) in [5.74, 6) is -0.321. The first kappa shape index (κ1) is 20.4. The molecule has 2 N–H and O–H groups in total. The highest BCUT2D eigenvalue weighted by atomic mass is 32.2. The fourth-order valence-electron chi connectivity index (χ4n) is 2.82. The van der Waals surface area contributed by atoms with Crippen LogP contribution in [0.5, 0.6) is 0 Å². The van der Waals surface area contributed by atoms with Crippen LogP contribution in [0.1, 0.15) is 6.92 Å². The normalized spacial score (nSPS) is 22.9. The van der Waals surface area contributed by atoms with E-state index in [9.17, 15) is 23.7 Å². The van der Waals surface area contributed by atoms with Gasteiger partial charge in [-0.1, -0.05) is 6.92 Å². The quantitative estimate of drug-likeness (QED) is 0.581. The fourth-order valence-corrected chi connectivity index (χ4v) is 6.89. The van der Waals surface area contributed by atoms with Gasteiger partial charge in [-0.2, -0.15) is 23.1 Å². The van der Waals surface area contributed by atoms with Crippen molar-refractivity contribution >= 4 is 63.4 Å². The van der Waals surface area contributed by atoms with E-state index in [1.165, 1.54) is 28.0 Å². The number of amides is 2.